The van der Waals surface area contributed by atoms with Crippen LogP contribution >= 0.6 is 0 Å². The number of hydrogen-bond donors (Lipinski definition) is 2. The number of urea groups is 1. The molecule has 220 valence electrons. The van der Waals surface area contributed by atoms with E-state index in [1.54, 1.807) is 18.0 Å². The molecule has 3 amide bonds. The van der Waals surface area contributed by atoms with Gasteiger partial charge in [0.2, 0.25) is 0 Å². The zero-order chi connectivity index (χ0) is 30.0. The Morgan fingerprint density at radius 1 is 1.14 bits per heavy atom. The summed E-state index contributed by atoms with van der Waals surface area (Å²) in [5.74, 6) is -0.813. The van der Waals surface area contributed by atoms with Crippen molar-refractivity contribution in [2.24, 2.45) is 13.0 Å². The van der Waals surface area contributed by atoms with Crippen LogP contribution in [0.1, 0.15) is 29.9 Å². The molecule has 1 aliphatic heterocycles. The monoisotopic (exact) mass is 572 g/mol. The number of likely N-dealkylation sites (N-methyl/N-ethyl adjacent to an activating group) is 1. The van der Waals surface area contributed by atoms with E-state index in [-0.39, 0.29) is 31.6 Å². The summed E-state index contributed by atoms with van der Waals surface area (Å²) >= 11 is 0. The molecule has 2 N–H and O–H groups in total. The van der Waals surface area contributed by atoms with E-state index < -0.39 is 24.0 Å². The lowest BCUT2D eigenvalue weighted by molar-refractivity contribution is -0.0179. The number of carbonyl (C=O) groups excluding carboxylic acids is 2. The Labute approximate surface area is 245 Å². The van der Waals surface area contributed by atoms with E-state index >= 15 is 0 Å². The first-order valence-corrected chi connectivity index (χ1v) is 14.2. The molecule has 8 nitrogen and oxygen atoms in total. The maximum atomic E-state index is 14.4. The Morgan fingerprint density at radius 2 is 1.88 bits per heavy atom. The number of benzene rings is 3. The SMILES string of the molecule is C[C@@H]1CN([C@H](C)CO)C(=O)c2c(c3ccccc3n2C)-c2ccccc2CO[C@@H]1CN(C)C(=O)Nc1cccc(F)c1. The Balaban J connectivity index is 1.53. The van der Waals surface area contributed by atoms with Crippen molar-refractivity contribution in [2.45, 2.75) is 32.6 Å². The van der Waals surface area contributed by atoms with Crippen LogP contribution in [0, 0.1) is 11.7 Å². The van der Waals surface area contributed by atoms with E-state index in [2.05, 4.69) is 5.32 Å². The number of para-hydroxylation sites is 1. The number of hydrogen-bond acceptors (Lipinski definition) is 4. The first-order chi connectivity index (χ1) is 20.2. The van der Waals surface area contributed by atoms with Gasteiger partial charge in [0.1, 0.15) is 11.5 Å². The van der Waals surface area contributed by atoms with Crippen molar-refractivity contribution in [1.29, 1.82) is 0 Å². The molecule has 3 aromatic carbocycles. The van der Waals surface area contributed by atoms with Crippen LogP contribution in [0.2, 0.25) is 0 Å². The van der Waals surface area contributed by atoms with E-state index in [1.807, 2.05) is 74.0 Å². The molecule has 0 aliphatic carbocycles. The summed E-state index contributed by atoms with van der Waals surface area (Å²) < 4.78 is 22.1. The molecule has 1 aliphatic rings. The summed E-state index contributed by atoms with van der Waals surface area (Å²) in [6.45, 7) is 4.43. The van der Waals surface area contributed by atoms with Crippen molar-refractivity contribution in [2.75, 3.05) is 32.1 Å². The molecule has 0 spiro atoms. The molecule has 0 unspecified atom stereocenters. The number of aromatic nitrogens is 1. The van der Waals surface area contributed by atoms with Gasteiger partial charge in [-0.05, 0) is 42.3 Å². The third-order valence-corrected chi connectivity index (χ3v) is 8.10. The second-order valence-corrected chi connectivity index (χ2v) is 11.1. The molecule has 4 aromatic rings. The average Bonchev–Trinajstić information content (AvgIpc) is 3.28. The van der Waals surface area contributed by atoms with Crippen molar-refractivity contribution in [3.63, 3.8) is 0 Å². The van der Waals surface area contributed by atoms with Crippen molar-refractivity contribution in [1.82, 2.24) is 14.4 Å². The third-order valence-electron chi connectivity index (χ3n) is 8.10. The minimum atomic E-state index is -0.448. The van der Waals surface area contributed by atoms with Gasteiger partial charge in [-0.15, -0.1) is 0 Å². The Bertz CT molecular complexity index is 1600. The number of rotatable bonds is 5. The van der Waals surface area contributed by atoms with Crippen LogP contribution in [-0.4, -0.2) is 70.3 Å². The Kier molecular flexibility index (Phi) is 8.61. The van der Waals surface area contributed by atoms with Crippen molar-refractivity contribution < 1.29 is 23.8 Å². The molecule has 0 saturated heterocycles. The molecule has 0 bridgehead atoms. The molecule has 42 heavy (non-hydrogen) atoms. The van der Waals surface area contributed by atoms with Gasteiger partial charge in [-0.3, -0.25) is 4.79 Å². The first-order valence-electron chi connectivity index (χ1n) is 14.2. The normalized spacial score (nSPS) is 18.1. The second kappa shape index (κ2) is 12.3. The van der Waals surface area contributed by atoms with Gasteiger partial charge in [-0.25, -0.2) is 9.18 Å². The van der Waals surface area contributed by atoms with Crippen molar-refractivity contribution >= 4 is 28.5 Å². The van der Waals surface area contributed by atoms with Crippen LogP contribution < -0.4 is 5.32 Å². The van der Waals surface area contributed by atoms with Gasteiger partial charge >= 0.3 is 6.03 Å². The number of amides is 3. The summed E-state index contributed by atoms with van der Waals surface area (Å²) in [6.07, 6.45) is -0.444. The maximum Gasteiger partial charge on any atom is 0.321 e. The zero-order valence-electron chi connectivity index (χ0n) is 24.4. The van der Waals surface area contributed by atoms with E-state index in [0.717, 1.165) is 27.6 Å². The van der Waals surface area contributed by atoms with Gasteiger partial charge < -0.3 is 29.5 Å². The molecule has 0 fully saturated rings. The molecule has 2 heterocycles. The summed E-state index contributed by atoms with van der Waals surface area (Å²) in [7, 11) is 3.56. The minimum Gasteiger partial charge on any atom is -0.394 e. The number of anilines is 1. The number of aryl methyl sites for hydroxylation is 1. The number of fused-ring (bicyclic) bond motifs is 5. The molecule has 9 heteroatoms. The van der Waals surface area contributed by atoms with E-state index in [0.29, 0.717) is 17.9 Å². The number of nitrogens with zero attached hydrogens (tertiary/aromatic N) is 3. The quantitative estimate of drug-likeness (QED) is 0.330. The number of aliphatic hydroxyl groups is 1. The highest BCUT2D eigenvalue weighted by Gasteiger charge is 2.34. The van der Waals surface area contributed by atoms with E-state index in [9.17, 15) is 19.1 Å². The molecule has 5 rings (SSSR count). The highest BCUT2D eigenvalue weighted by Crippen LogP contribution is 2.38. The number of carbonyl (C=O) groups is 2. The molecule has 0 saturated carbocycles. The number of halogens is 1. The van der Waals surface area contributed by atoms with Crippen LogP contribution in [0.15, 0.2) is 72.8 Å². The standard InChI is InChI=1S/C33H37FN4O4/c1-21-17-38(22(2)19-39)32(40)31-30(27-14-7-8-15-28(27)37(31)4)26-13-6-5-10-23(26)20-42-29(21)18-36(3)33(41)35-25-12-9-11-24(34)16-25/h5-16,21-22,29,39H,17-20H2,1-4H3,(H,35,41)/t21-,22-,29-/m1/s1. The summed E-state index contributed by atoms with van der Waals surface area (Å²) in [6, 6.07) is 20.7. The molecule has 0 radical (unpaired) electrons. The van der Waals surface area contributed by atoms with Crippen molar-refractivity contribution in [3.05, 3.63) is 89.9 Å². The molecule has 1 aromatic heterocycles. The molecular formula is C33H37FN4O4. The van der Waals surface area contributed by atoms with Crippen LogP contribution in [0.25, 0.3) is 22.0 Å². The van der Waals surface area contributed by atoms with Crippen LogP contribution in [0.3, 0.4) is 0 Å². The zero-order valence-corrected chi connectivity index (χ0v) is 24.4. The van der Waals surface area contributed by atoms with E-state index in [1.165, 1.54) is 23.1 Å². The highest BCUT2D eigenvalue weighted by atomic mass is 19.1. The van der Waals surface area contributed by atoms with E-state index in [4.69, 9.17) is 4.74 Å². The number of nitrogens with one attached hydrogen (secondary N) is 1. The fourth-order valence-corrected chi connectivity index (χ4v) is 5.66. The van der Waals surface area contributed by atoms with Crippen LogP contribution in [0.4, 0.5) is 14.9 Å². The van der Waals surface area contributed by atoms with Gasteiger partial charge in [-0.1, -0.05) is 55.5 Å². The molecular weight excluding hydrogens is 535 g/mol. The Hall–Kier alpha value is -4.21. The topological polar surface area (TPSA) is 87.0 Å². The predicted octanol–water partition coefficient (Wildman–Crippen LogP) is 5.51. The van der Waals surface area contributed by atoms with Gasteiger partial charge in [0, 0.05) is 55.3 Å². The van der Waals surface area contributed by atoms with Gasteiger partial charge in [0.25, 0.3) is 5.91 Å². The highest BCUT2D eigenvalue weighted by molar-refractivity contribution is 6.10. The minimum absolute atomic E-state index is 0.176. The average molecular weight is 573 g/mol. The van der Waals surface area contributed by atoms with Crippen molar-refractivity contribution in [3.8, 4) is 11.1 Å². The predicted molar refractivity (Wildman–Crippen MR) is 162 cm³/mol. The third kappa shape index (κ3) is 5.75. The van der Waals surface area contributed by atoms with Gasteiger partial charge in [0.05, 0.1) is 25.4 Å². The largest absolute Gasteiger partial charge is 0.394 e. The fourth-order valence-electron chi connectivity index (χ4n) is 5.66. The Morgan fingerprint density at radius 3 is 2.64 bits per heavy atom. The fraction of sp³-hybridized carbons (Fsp3) is 0.333. The lowest BCUT2D eigenvalue weighted by Crippen LogP contribution is -2.48. The molecule has 3 atom stereocenters. The summed E-state index contributed by atoms with van der Waals surface area (Å²) in [4.78, 5) is 30.7. The summed E-state index contributed by atoms with van der Waals surface area (Å²) in [5.41, 5.74) is 4.52. The maximum absolute atomic E-state index is 14.4. The van der Waals surface area contributed by atoms with Crippen LogP contribution in [-0.2, 0) is 18.4 Å². The number of ether oxygens (including phenoxy) is 1. The van der Waals surface area contributed by atoms with Gasteiger partial charge in [0.15, 0.2) is 0 Å². The summed E-state index contributed by atoms with van der Waals surface area (Å²) in [5, 5.41) is 13.9. The van der Waals surface area contributed by atoms with Gasteiger partial charge in [-0.2, -0.15) is 0 Å². The second-order valence-electron chi connectivity index (χ2n) is 11.1. The number of aliphatic hydroxyl groups excluding tert-OH is 1. The van der Waals surface area contributed by atoms with Crippen LogP contribution in [0.5, 0.6) is 0 Å². The lowest BCUT2D eigenvalue weighted by Gasteiger charge is -2.35. The lowest BCUT2D eigenvalue weighted by atomic mass is 9.96. The smallest absolute Gasteiger partial charge is 0.321 e. The first kappa shape index (κ1) is 29.3.